The summed E-state index contributed by atoms with van der Waals surface area (Å²) in [7, 11) is 0. The number of aliphatic hydroxyl groups excluding tert-OH is 7. The van der Waals surface area contributed by atoms with E-state index in [9.17, 15) is 35.7 Å². The minimum atomic E-state index is -1.26. The maximum atomic E-state index is 10.6. The zero-order chi connectivity index (χ0) is 29.7. The molecule has 0 aromatic rings. The van der Waals surface area contributed by atoms with E-state index in [4.69, 9.17) is 33.2 Å². The first-order valence-electron chi connectivity index (χ1n) is 14.7. The highest BCUT2D eigenvalue weighted by molar-refractivity contribution is 4.92. The Morgan fingerprint density at radius 3 is 1.83 bits per heavy atom. The van der Waals surface area contributed by atoms with E-state index in [1.165, 1.54) is 0 Å². The molecule has 0 spiro atoms. The first kappa shape index (κ1) is 33.3. The molecule has 4 fully saturated rings. The third-order valence-electron chi connectivity index (χ3n) is 8.11. The smallest absolute Gasteiger partial charge is 0.161 e. The highest BCUT2D eigenvalue weighted by Gasteiger charge is 2.47. The van der Waals surface area contributed by atoms with Crippen LogP contribution in [-0.2, 0) is 33.2 Å². The van der Waals surface area contributed by atoms with Crippen molar-refractivity contribution in [3.63, 3.8) is 0 Å². The molecule has 0 aliphatic carbocycles. The van der Waals surface area contributed by atoms with Gasteiger partial charge in [0.05, 0.1) is 75.3 Å². The lowest BCUT2D eigenvalue weighted by Crippen LogP contribution is -2.58. The Morgan fingerprint density at radius 1 is 0.659 bits per heavy atom. The van der Waals surface area contributed by atoms with Gasteiger partial charge in [0.25, 0.3) is 0 Å². The molecule has 0 amide bonds. The van der Waals surface area contributed by atoms with Gasteiger partial charge in [0.15, 0.2) is 18.9 Å². The molecule has 1 unspecified atom stereocenters. The summed E-state index contributed by atoms with van der Waals surface area (Å²) in [5.74, 6) is -0.0444. The maximum Gasteiger partial charge on any atom is 0.161 e. The van der Waals surface area contributed by atoms with Gasteiger partial charge in [-0.15, -0.1) is 0 Å². The lowest BCUT2D eigenvalue weighted by molar-refractivity contribution is -0.330. The highest BCUT2D eigenvalue weighted by atomic mass is 16.7. The van der Waals surface area contributed by atoms with Crippen LogP contribution >= 0.6 is 0 Å². The van der Waals surface area contributed by atoms with Crippen LogP contribution in [0.2, 0.25) is 0 Å². The number of hydrogen-bond acceptors (Lipinski definition) is 14. The van der Waals surface area contributed by atoms with Crippen molar-refractivity contribution in [2.75, 3.05) is 26.4 Å². The summed E-state index contributed by atoms with van der Waals surface area (Å²) in [5.41, 5.74) is 0. The summed E-state index contributed by atoms with van der Waals surface area (Å²) in [6.07, 6.45) is -9.78. The minimum absolute atomic E-state index is 0.0334. The van der Waals surface area contributed by atoms with E-state index >= 15 is 0 Å². The summed E-state index contributed by atoms with van der Waals surface area (Å²) in [4.78, 5) is 0. The van der Waals surface area contributed by atoms with E-state index in [1.54, 1.807) is 0 Å². The molecule has 0 saturated carbocycles. The van der Waals surface area contributed by atoms with Crippen molar-refractivity contribution in [2.24, 2.45) is 5.92 Å². The van der Waals surface area contributed by atoms with E-state index in [1.807, 2.05) is 13.8 Å². The van der Waals surface area contributed by atoms with E-state index in [2.05, 4.69) is 0 Å². The van der Waals surface area contributed by atoms with Crippen LogP contribution in [0.3, 0.4) is 0 Å². The van der Waals surface area contributed by atoms with Crippen molar-refractivity contribution in [1.29, 1.82) is 0 Å². The van der Waals surface area contributed by atoms with Crippen LogP contribution < -0.4 is 0 Å². The van der Waals surface area contributed by atoms with E-state index in [0.717, 1.165) is 0 Å². The molecule has 4 aliphatic rings. The zero-order valence-corrected chi connectivity index (χ0v) is 23.7. The second-order valence-electron chi connectivity index (χ2n) is 11.9. The number of ether oxygens (including phenoxy) is 7. The fourth-order valence-corrected chi connectivity index (χ4v) is 5.95. The third-order valence-corrected chi connectivity index (χ3v) is 8.11. The molecule has 0 aromatic heterocycles. The molecule has 4 rings (SSSR count). The van der Waals surface area contributed by atoms with Crippen molar-refractivity contribution in [2.45, 2.75) is 138 Å². The molecule has 0 radical (unpaired) electrons. The predicted molar refractivity (Wildman–Crippen MR) is 138 cm³/mol. The molecule has 14 atom stereocenters. The maximum absolute atomic E-state index is 10.6. The number of hydrogen-bond donors (Lipinski definition) is 7. The second kappa shape index (κ2) is 15.4. The molecule has 0 bridgehead atoms. The Bertz CT molecular complexity index is 774. The average molecular weight is 597 g/mol. The fourth-order valence-electron chi connectivity index (χ4n) is 5.95. The average Bonchev–Trinajstić information content (AvgIpc) is 2.94. The van der Waals surface area contributed by atoms with Crippen molar-refractivity contribution >= 4 is 0 Å². The Labute approximate surface area is 240 Å². The van der Waals surface area contributed by atoms with Gasteiger partial charge in [0, 0.05) is 38.5 Å². The molecule has 240 valence electrons. The van der Waals surface area contributed by atoms with Gasteiger partial charge in [-0.3, -0.25) is 0 Å². The van der Waals surface area contributed by atoms with Gasteiger partial charge in [0.1, 0.15) is 18.3 Å². The van der Waals surface area contributed by atoms with Crippen molar-refractivity contribution in [3.05, 3.63) is 0 Å². The highest BCUT2D eigenvalue weighted by Crippen LogP contribution is 2.35. The summed E-state index contributed by atoms with van der Waals surface area (Å²) >= 11 is 0. The first-order valence-corrected chi connectivity index (χ1v) is 14.7. The lowest BCUT2D eigenvalue weighted by atomic mass is 9.90. The fraction of sp³-hybridized carbons (Fsp3) is 1.00. The lowest BCUT2D eigenvalue weighted by Gasteiger charge is -2.47. The number of aliphatic hydroxyl groups is 7. The minimum Gasteiger partial charge on any atom is -0.394 e. The van der Waals surface area contributed by atoms with Gasteiger partial charge in [-0.25, -0.2) is 0 Å². The normalized spacial score (nSPS) is 46.1. The molecule has 41 heavy (non-hydrogen) atoms. The van der Waals surface area contributed by atoms with Crippen molar-refractivity contribution in [1.82, 2.24) is 0 Å². The first-order chi connectivity index (χ1) is 19.6. The predicted octanol–water partition coefficient (Wildman–Crippen LogP) is -1.87. The quantitative estimate of drug-likeness (QED) is 0.140. The zero-order valence-electron chi connectivity index (χ0n) is 23.7. The van der Waals surface area contributed by atoms with Crippen LogP contribution in [0, 0.1) is 5.92 Å². The largest absolute Gasteiger partial charge is 0.394 e. The molecule has 14 heteroatoms. The van der Waals surface area contributed by atoms with Gasteiger partial charge in [-0.05, 0) is 5.92 Å². The molecule has 7 N–H and O–H groups in total. The standard InChI is InChI=1S/C27H48O14/c1-13(2)26-27(41-23-6-15(32)4-17(10-29)37-23)20(7-18(11-30)38-26)39-24-8-19(33)25(34)21(40-24)12-35-22-5-14(31)3-16(9-28)36-22/h13-34H,3-12H2,1-2H3/t14-,15-,16-,17-,18-,19+,20-,21+,22+,23-,24+,25-,26?,27+/m0/s1. The van der Waals surface area contributed by atoms with Crippen LogP contribution in [0.15, 0.2) is 0 Å². The molecule has 4 heterocycles. The number of rotatable bonds is 11. The molecular formula is C27H48O14. The van der Waals surface area contributed by atoms with E-state index in [0.29, 0.717) is 12.8 Å². The molecule has 4 aliphatic heterocycles. The van der Waals surface area contributed by atoms with Crippen molar-refractivity contribution in [3.8, 4) is 0 Å². The Hall–Kier alpha value is -0.560. The monoisotopic (exact) mass is 596 g/mol. The van der Waals surface area contributed by atoms with Crippen LogP contribution in [-0.4, -0.2) is 148 Å². The van der Waals surface area contributed by atoms with Gasteiger partial charge in [-0.2, -0.15) is 0 Å². The topological polar surface area (TPSA) is 206 Å². The SMILES string of the molecule is CC(C)C1O[C@H](CO)C[C@H](O[C@H]2C[C@@H](O)[C@H](O)[C@@H](CO[C@H]3C[C@@H](O)C[C@@H](CO)O3)O2)[C@H]1O[C@H]1C[C@@H](O)C[C@@H](CO)O1. The molecular weight excluding hydrogens is 548 g/mol. The van der Waals surface area contributed by atoms with Gasteiger partial charge < -0.3 is 68.9 Å². The van der Waals surface area contributed by atoms with Gasteiger partial charge in [0.2, 0.25) is 0 Å². The molecule has 14 nitrogen and oxygen atoms in total. The van der Waals surface area contributed by atoms with Crippen molar-refractivity contribution < 1.29 is 68.9 Å². The summed E-state index contributed by atoms with van der Waals surface area (Å²) in [6.45, 7) is 2.96. The molecule has 0 aromatic carbocycles. The van der Waals surface area contributed by atoms with Crippen LogP contribution in [0.25, 0.3) is 0 Å². The molecule has 4 saturated heterocycles. The Morgan fingerprint density at radius 2 is 1.22 bits per heavy atom. The van der Waals surface area contributed by atoms with Crippen LogP contribution in [0.4, 0.5) is 0 Å². The second-order valence-corrected chi connectivity index (χ2v) is 11.9. The summed E-state index contributed by atoms with van der Waals surface area (Å²) in [5, 5.41) is 70.4. The Kier molecular flexibility index (Phi) is 12.6. The van der Waals surface area contributed by atoms with E-state index in [-0.39, 0.29) is 58.0 Å². The van der Waals surface area contributed by atoms with Crippen LogP contribution in [0.1, 0.15) is 52.4 Å². The Balaban J connectivity index is 1.43. The third kappa shape index (κ3) is 8.99. The summed E-state index contributed by atoms with van der Waals surface area (Å²) in [6, 6.07) is 0. The van der Waals surface area contributed by atoms with E-state index < -0.39 is 86.0 Å². The van der Waals surface area contributed by atoms with Gasteiger partial charge in [-0.1, -0.05) is 13.8 Å². The van der Waals surface area contributed by atoms with Gasteiger partial charge >= 0.3 is 0 Å². The summed E-state index contributed by atoms with van der Waals surface area (Å²) < 4.78 is 41.9. The van der Waals surface area contributed by atoms with Crippen LogP contribution in [0.5, 0.6) is 0 Å².